The van der Waals surface area contributed by atoms with Crippen LogP contribution >= 0.6 is 0 Å². The zero-order valence-electron chi connectivity index (χ0n) is 19.4. The predicted octanol–water partition coefficient (Wildman–Crippen LogP) is 4.23. The van der Waals surface area contributed by atoms with E-state index in [1.807, 2.05) is 0 Å². The highest BCUT2D eigenvalue weighted by Gasteiger charge is 2.62. The Balaban J connectivity index is 1.89. The normalized spacial score (nSPS) is 46.2. The van der Waals surface area contributed by atoms with Gasteiger partial charge in [-0.1, -0.05) is 27.7 Å². The van der Waals surface area contributed by atoms with Gasteiger partial charge in [0.1, 0.15) is 0 Å². The maximum Gasteiger partial charge on any atom is 0.303 e. The van der Waals surface area contributed by atoms with E-state index >= 15 is 0 Å². The first-order valence-corrected chi connectivity index (χ1v) is 12.3. The van der Waals surface area contributed by atoms with E-state index in [9.17, 15) is 20.1 Å². The minimum Gasteiger partial charge on any atom is -0.481 e. The Labute approximate surface area is 182 Å². The molecule has 4 N–H and O–H groups in total. The molecule has 0 amide bonds. The molecule has 5 heteroatoms. The maximum absolute atomic E-state index is 11.5. The molecule has 0 spiro atoms. The number of carboxylic acids is 1. The highest BCUT2D eigenvalue weighted by Crippen LogP contribution is 2.65. The number of aliphatic hydroxyl groups excluding tert-OH is 3. The van der Waals surface area contributed by atoms with E-state index < -0.39 is 12.1 Å². The summed E-state index contributed by atoms with van der Waals surface area (Å²) >= 11 is 0. The van der Waals surface area contributed by atoms with Crippen LogP contribution in [0.2, 0.25) is 0 Å². The van der Waals surface area contributed by atoms with Crippen molar-refractivity contribution in [2.45, 2.75) is 110 Å². The largest absolute Gasteiger partial charge is 0.481 e. The number of aliphatic hydroxyl groups is 3. The molecule has 30 heavy (non-hydrogen) atoms. The zero-order valence-corrected chi connectivity index (χ0v) is 19.4. The number of rotatable bonds is 7. The number of hydrogen-bond acceptors (Lipinski definition) is 4. The Morgan fingerprint density at radius 2 is 1.70 bits per heavy atom. The molecule has 0 aromatic carbocycles. The number of fused-ring (bicyclic) bond motifs is 1. The van der Waals surface area contributed by atoms with Gasteiger partial charge in [-0.2, -0.15) is 0 Å². The van der Waals surface area contributed by atoms with Crippen molar-refractivity contribution in [2.75, 3.05) is 0 Å². The summed E-state index contributed by atoms with van der Waals surface area (Å²) in [5.74, 6) is 0.494. The van der Waals surface area contributed by atoms with E-state index in [2.05, 4.69) is 27.7 Å². The van der Waals surface area contributed by atoms with E-state index in [1.165, 1.54) is 0 Å². The van der Waals surface area contributed by atoms with Crippen molar-refractivity contribution in [1.82, 2.24) is 0 Å². The van der Waals surface area contributed by atoms with E-state index in [0.29, 0.717) is 18.8 Å². The van der Waals surface area contributed by atoms with Crippen LogP contribution in [0.5, 0.6) is 0 Å². The number of carbonyl (C=O) groups is 1. The van der Waals surface area contributed by atoms with Crippen LogP contribution in [0.3, 0.4) is 0 Å². The molecule has 0 heterocycles. The van der Waals surface area contributed by atoms with E-state index in [-0.39, 0.29) is 53.1 Å². The minimum absolute atomic E-state index is 0.0510. The van der Waals surface area contributed by atoms with Crippen LogP contribution in [0.25, 0.3) is 0 Å². The Bertz CT molecular complexity index is 598. The highest BCUT2D eigenvalue weighted by molar-refractivity contribution is 5.66. The van der Waals surface area contributed by atoms with Gasteiger partial charge in [0.15, 0.2) is 0 Å². The topological polar surface area (TPSA) is 98.0 Å². The van der Waals surface area contributed by atoms with Crippen LogP contribution in [-0.2, 0) is 4.79 Å². The average molecular weight is 425 g/mol. The van der Waals surface area contributed by atoms with Gasteiger partial charge in [-0.15, -0.1) is 0 Å². The summed E-state index contributed by atoms with van der Waals surface area (Å²) in [6, 6.07) is 0. The number of aliphatic carboxylic acids is 1. The van der Waals surface area contributed by atoms with Gasteiger partial charge in [0, 0.05) is 6.42 Å². The third kappa shape index (κ3) is 4.19. The molecule has 0 aromatic rings. The third-order valence-electron chi connectivity index (χ3n) is 9.87. The Hall–Kier alpha value is -0.650. The summed E-state index contributed by atoms with van der Waals surface area (Å²) < 4.78 is 0. The quantitative estimate of drug-likeness (QED) is 0.490. The lowest BCUT2D eigenvalue weighted by Gasteiger charge is -2.58. The summed E-state index contributed by atoms with van der Waals surface area (Å²) in [6.45, 7) is 8.74. The fraction of sp³-hybridized carbons (Fsp3) is 0.960. The highest BCUT2D eigenvalue weighted by atomic mass is 16.4. The van der Waals surface area contributed by atoms with Gasteiger partial charge in [0.2, 0.25) is 0 Å². The van der Waals surface area contributed by atoms with Gasteiger partial charge in [-0.05, 0) is 98.2 Å². The smallest absolute Gasteiger partial charge is 0.303 e. The molecular weight excluding hydrogens is 380 g/mol. The fourth-order valence-electron chi connectivity index (χ4n) is 7.93. The number of carboxylic acid groups (broad SMARTS) is 1. The van der Waals surface area contributed by atoms with Crippen molar-refractivity contribution in [1.29, 1.82) is 0 Å². The summed E-state index contributed by atoms with van der Waals surface area (Å²) in [4.78, 5) is 11.1. The molecule has 174 valence electrons. The van der Waals surface area contributed by atoms with Crippen molar-refractivity contribution in [2.24, 2.45) is 40.4 Å². The molecule has 3 aliphatic rings. The first kappa shape index (κ1) is 24.0. The molecule has 3 fully saturated rings. The molecule has 5 nitrogen and oxygen atoms in total. The van der Waals surface area contributed by atoms with Crippen LogP contribution in [0.1, 0.15) is 91.9 Å². The summed E-state index contributed by atoms with van der Waals surface area (Å²) in [5.41, 5.74) is -0.213. The van der Waals surface area contributed by atoms with Crippen LogP contribution in [0, 0.1) is 40.4 Å². The molecule has 3 saturated carbocycles. The van der Waals surface area contributed by atoms with Crippen LogP contribution < -0.4 is 0 Å². The van der Waals surface area contributed by atoms with Crippen LogP contribution in [0.4, 0.5) is 0 Å². The number of hydrogen-bond donors (Lipinski definition) is 4. The zero-order chi connectivity index (χ0) is 22.3. The molecule has 3 rings (SSSR count). The molecule has 2 unspecified atom stereocenters. The Morgan fingerprint density at radius 1 is 1.07 bits per heavy atom. The molecule has 0 aromatic heterocycles. The average Bonchev–Trinajstić information content (AvgIpc) is 3.06. The minimum atomic E-state index is -0.752. The van der Waals surface area contributed by atoms with E-state index in [4.69, 9.17) is 5.11 Å². The molecule has 8 atom stereocenters. The first-order valence-electron chi connectivity index (χ1n) is 12.3. The van der Waals surface area contributed by atoms with Crippen LogP contribution in [0.15, 0.2) is 0 Å². The standard InChI is InChI=1S/C25H44O5/c1-5-20(27)23-18-8-7-17(15(2)6-9-22(29)30)25(18,4)21(28)14-19(23)24(3)12-10-16(26)11-13-24/h15-21,23,26-28H,5-14H2,1-4H3,(H,29,30)/t15?,16?,17-,18+,19+,20-,21+,23?,24?,25-/m1/s1. The summed E-state index contributed by atoms with van der Waals surface area (Å²) in [6.07, 6.45) is 6.82. The monoisotopic (exact) mass is 424 g/mol. The van der Waals surface area contributed by atoms with Gasteiger partial charge in [-0.3, -0.25) is 4.79 Å². The maximum atomic E-state index is 11.5. The Kier molecular flexibility index (Phi) is 7.26. The van der Waals surface area contributed by atoms with Gasteiger partial charge < -0.3 is 20.4 Å². The van der Waals surface area contributed by atoms with Crippen molar-refractivity contribution in [3.05, 3.63) is 0 Å². The molecule has 3 aliphatic carbocycles. The summed E-state index contributed by atoms with van der Waals surface area (Å²) in [5, 5.41) is 41.9. The lowest BCUT2D eigenvalue weighted by Crippen LogP contribution is -2.57. The van der Waals surface area contributed by atoms with Crippen molar-refractivity contribution in [3.63, 3.8) is 0 Å². The molecule has 0 bridgehead atoms. The summed E-state index contributed by atoms with van der Waals surface area (Å²) in [7, 11) is 0. The second-order valence-corrected chi connectivity index (χ2v) is 11.4. The lowest BCUT2D eigenvalue weighted by atomic mass is 9.48. The third-order valence-corrected chi connectivity index (χ3v) is 9.87. The van der Waals surface area contributed by atoms with Gasteiger partial charge in [-0.25, -0.2) is 0 Å². The molecule has 0 radical (unpaired) electrons. The van der Waals surface area contributed by atoms with E-state index in [0.717, 1.165) is 44.9 Å². The first-order chi connectivity index (χ1) is 14.0. The lowest BCUT2D eigenvalue weighted by molar-refractivity contribution is -0.166. The van der Waals surface area contributed by atoms with Gasteiger partial charge in [0.05, 0.1) is 18.3 Å². The van der Waals surface area contributed by atoms with Crippen molar-refractivity contribution >= 4 is 5.97 Å². The van der Waals surface area contributed by atoms with Gasteiger partial charge in [0.25, 0.3) is 0 Å². The SMILES string of the molecule is CC[C@@H](O)C1[C@@H](C2(C)CCC(O)CC2)C[C@H](O)[C@]2(C)[C@@H](C(C)CCC(=O)O)CC[C@@H]12. The van der Waals surface area contributed by atoms with Gasteiger partial charge >= 0.3 is 5.97 Å². The Morgan fingerprint density at radius 3 is 2.27 bits per heavy atom. The van der Waals surface area contributed by atoms with Crippen molar-refractivity contribution < 1.29 is 25.2 Å². The molecule has 0 saturated heterocycles. The van der Waals surface area contributed by atoms with E-state index in [1.54, 1.807) is 0 Å². The molecular formula is C25H44O5. The second-order valence-electron chi connectivity index (χ2n) is 11.4. The van der Waals surface area contributed by atoms with Crippen molar-refractivity contribution in [3.8, 4) is 0 Å². The predicted molar refractivity (Wildman–Crippen MR) is 117 cm³/mol. The second kappa shape index (κ2) is 9.07. The fourth-order valence-corrected chi connectivity index (χ4v) is 7.93. The molecule has 0 aliphatic heterocycles. The van der Waals surface area contributed by atoms with Crippen LogP contribution in [-0.4, -0.2) is 44.7 Å².